The molecule has 0 bridgehead atoms. The van der Waals surface area contributed by atoms with Crippen LogP contribution >= 0.6 is 11.6 Å². The number of amides is 1. The van der Waals surface area contributed by atoms with Crippen molar-refractivity contribution >= 4 is 28.4 Å². The van der Waals surface area contributed by atoms with Crippen molar-refractivity contribution in [2.75, 3.05) is 6.54 Å². The van der Waals surface area contributed by atoms with Gasteiger partial charge in [0.05, 0.1) is 24.6 Å². The third kappa shape index (κ3) is 4.10. The largest absolute Gasteiger partial charge is 0.356 e. The average molecular weight is 332 g/mol. The van der Waals surface area contributed by atoms with Gasteiger partial charge in [-0.1, -0.05) is 11.6 Å². The maximum absolute atomic E-state index is 11.9. The third-order valence-electron chi connectivity index (χ3n) is 3.63. The van der Waals surface area contributed by atoms with E-state index in [2.05, 4.69) is 15.4 Å². The number of carbonyl (C=O) groups excluding carboxylic acids is 1. The lowest BCUT2D eigenvalue weighted by molar-refractivity contribution is -0.121. The number of rotatable bonds is 7. The Morgan fingerprint density at radius 2 is 2.22 bits per heavy atom. The monoisotopic (exact) mass is 331 g/mol. The van der Waals surface area contributed by atoms with Crippen LogP contribution in [0.5, 0.6) is 0 Å². The summed E-state index contributed by atoms with van der Waals surface area (Å²) >= 11 is 6.01. The van der Waals surface area contributed by atoms with Crippen LogP contribution in [0.15, 0.2) is 43.1 Å². The summed E-state index contributed by atoms with van der Waals surface area (Å²) in [6.45, 7) is 2.04. The van der Waals surface area contributed by atoms with Crippen molar-refractivity contribution in [3.8, 4) is 0 Å². The standard InChI is InChI=1S/C16H18ClN5O/c17-14-3-2-13-11-20-22(15(13)10-14)8-4-16(23)19-5-1-7-21-9-6-18-12-21/h2-3,6,9-12H,1,4-5,7-8H2,(H,19,23). The van der Waals surface area contributed by atoms with Crippen molar-refractivity contribution in [2.24, 2.45) is 0 Å². The van der Waals surface area contributed by atoms with E-state index in [0.29, 0.717) is 24.5 Å². The van der Waals surface area contributed by atoms with Gasteiger partial charge in [-0.05, 0) is 24.6 Å². The molecule has 120 valence electrons. The lowest BCUT2D eigenvalue weighted by atomic mass is 10.2. The van der Waals surface area contributed by atoms with E-state index in [1.807, 2.05) is 33.6 Å². The first-order valence-electron chi connectivity index (χ1n) is 7.56. The molecule has 0 fully saturated rings. The summed E-state index contributed by atoms with van der Waals surface area (Å²) < 4.78 is 3.80. The van der Waals surface area contributed by atoms with E-state index in [-0.39, 0.29) is 5.91 Å². The molecule has 1 amide bonds. The second kappa shape index (κ2) is 7.28. The minimum atomic E-state index is 0.0290. The lowest BCUT2D eigenvalue weighted by Crippen LogP contribution is -2.26. The molecule has 0 aliphatic carbocycles. The second-order valence-corrected chi connectivity index (χ2v) is 5.76. The number of nitrogens with zero attached hydrogens (tertiary/aromatic N) is 4. The maximum Gasteiger partial charge on any atom is 0.221 e. The topological polar surface area (TPSA) is 64.7 Å². The number of hydrogen-bond donors (Lipinski definition) is 1. The van der Waals surface area contributed by atoms with Crippen molar-refractivity contribution in [1.29, 1.82) is 0 Å². The second-order valence-electron chi connectivity index (χ2n) is 5.32. The van der Waals surface area contributed by atoms with Crippen LogP contribution in [-0.4, -0.2) is 31.8 Å². The van der Waals surface area contributed by atoms with E-state index in [9.17, 15) is 4.79 Å². The average Bonchev–Trinajstić information content (AvgIpc) is 3.19. The first kappa shape index (κ1) is 15.6. The molecule has 3 aromatic rings. The molecule has 0 spiro atoms. The molecule has 0 aliphatic heterocycles. The van der Waals surface area contributed by atoms with Crippen molar-refractivity contribution in [2.45, 2.75) is 25.9 Å². The highest BCUT2D eigenvalue weighted by Gasteiger charge is 2.06. The van der Waals surface area contributed by atoms with Gasteiger partial charge in [0.25, 0.3) is 0 Å². The Bertz CT molecular complexity index is 781. The number of aromatic nitrogens is 4. The molecule has 7 heteroatoms. The molecule has 6 nitrogen and oxygen atoms in total. The van der Waals surface area contributed by atoms with Gasteiger partial charge < -0.3 is 9.88 Å². The normalized spacial score (nSPS) is 11.0. The summed E-state index contributed by atoms with van der Waals surface area (Å²) in [6, 6.07) is 5.63. The van der Waals surface area contributed by atoms with Crippen molar-refractivity contribution < 1.29 is 4.79 Å². The molecule has 0 aliphatic rings. The molecule has 23 heavy (non-hydrogen) atoms. The summed E-state index contributed by atoms with van der Waals surface area (Å²) in [4.78, 5) is 15.9. The molecule has 0 saturated carbocycles. The van der Waals surface area contributed by atoms with Gasteiger partial charge in [0.2, 0.25) is 5.91 Å². The van der Waals surface area contributed by atoms with Crippen molar-refractivity contribution in [1.82, 2.24) is 24.6 Å². The van der Waals surface area contributed by atoms with E-state index in [4.69, 9.17) is 11.6 Å². The van der Waals surface area contributed by atoms with Crippen LogP contribution in [0.2, 0.25) is 5.02 Å². The molecular weight excluding hydrogens is 314 g/mol. The highest BCUT2D eigenvalue weighted by atomic mass is 35.5. The fourth-order valence-electron chi connectivity index (χ4n) is 2.43. The minimum absolute atomic E-state index is 0.0290. The van der Waals surface area contributed by atoms with Crippen molar-refractivity contribution in [3.63, 3.8) is 0 Å². The first-order chi connectivity index (χ1) is 11.2. The Labute approximate surface area is 139 Å². The Kier molecular flexibility index (Phi) is 4.92. The molecule has 0 saturated heterocycles. The zero-order valence-electron chi connectivity index (χ0n) is 12.7. The summed E-state index contributed by atoms with van der Waals surface area (Å²) in [7, 11) is 0. The summed E-state index contributed by atoms with van der Waals surface area (Å²) in [5.74, 6) is 0.0290. The lowest BCUT2D eigenvalue weighted by Gasteiger charge is -2.07. The van der Waals surface area contributed by atoms with E-state index >= 15 is 0 Å². The predicted octanol–water partition coefficient (Wildman–Crippen LogP) is 2.48. The number of fused-ring (bicyclic) bond motifs is 1. The molecule has 1 N–H and O–H groups in total. The fraction of sp³-hybridized carbons (Fsp3) is 0.312. The highest BCUT2D eigenvalue weighted by molar-refractivity contribution is 6.31. The van der Waals surface area contributed by atoms with Crippen LogP contribution in [0, 0.1) is 0 Å². The van der Waals surface area contributed by atoms with Crippen LogP contribution in [0.25, 0.3) is 10.9 Å². The Hall–Kier alpha value is -2.34. The molecule has 0 unspecified atom stereocenters. The Balaban J connectivity index is 1.44. The number of hydrogen-bond acceptors (Lipinski definition) is 3. The van der Waals surface area contributed by atoms with Gasteiger partial charge in [-0.3, -0.25) is 9.48 Å². The van der Waals surface area contributed by atoms with E-state index in [1.54, 1.807) is 18.7 Å². The molecule has 2 aromatic heterocycles. The zero-order valence-corrected chi connectivity index (χ0v) is 13.4. The van der Waals surface area contributed by atoms with Crippen LogP contribution < -0.4 is 5.32 Å². The summed E-state index contributed by atoms with van der Waals surface area (Å²) in [5, 5.41) is 8.93. The van der Waals surface area contributed by atoms with Gasteiger partial charge in [0, 0.05) is 42.3 Å². The summed E-state index contributed by atoms with van der Waals surface area (Å²) in [5.41, 5.74) is 0.949. The number of aryl methyl sites for hydroxylation is 2. The molecule has 3 rings (SSSR count). The Morgan fingerprint density at radius 1 is 1.30 bits per heavy atom. The molecular formula is C16H18ClN5O. The van der Waals surface area contributed by atoms with Gasteiger partial charge in [-0.25, -0.2) is 4.98 Å². The number of halogens is 1. The van der Waals surface area contributed by atoms with Crippen LogP contribution in [0.1, 0.15) is 12.8 Å². The number of benzene rings is 1. The van der Waals surface area contributed by atoms with Gasteiger partial charge in [-0.15, -0.1) is 0 Å². The van der Waals surface area contributed by atoms with Crippen LogP contribution in [0.4, 0.5) is 0 Å². The summed E-state index contributed by atoms with van der Waals surface area (Å²) in [6.07, 6.45) is 8.50. The number of imidazole rings is 1. The Morgan fingerprint density at radius 3 is 3.04 bits per heavy atom. The van der Waals surface area contributed by atoms with Crippen LogP contribution in [-0.2, 0) is 17.9 Å². The zero-order chi connectivity index (χ0) is 16.1. The SMILES string of the molecule is O=C(CCn1ncc2ccc(Cl)cc21)NCCCn1ccnc1. The molecule has 0 radical (unpaired) electrons. The van der Waals surface area contributed by atoms with E-state index < -0.39 is 0 Å². The maximum atomic E-state index is 11.9. The molecule has 0 atom stereocenters. The van der Waals surface area contributed by atoms with Crippen molar-refractivity contribution in [3.05, 3.63) is 48.1 Å². The molecule has 2 heterocycles. The van der Waals surface area contributed by atoms with Gasteiger partial charge in [0.15, 0.2) is 0 Å². The van der Waals surface area contributed by atoms with E-state index in [1.165, 1.54) is 0 Å². The first-order valence-corrected chi connectivity index (χ1v) is 7.94. The smallest absolute Gasteiger partial charge is 0.221 e. The van der Waals surface area contributed by atoms with Gasteiger partial charge in [-0.2, -0.15) is 5.10 Å². The number of nitrogens with one attached hydrogen (secondary N) is 1. The minimum Gasteiger partial charge on any atom is -0.356 e. The predicted molar refractivity (Wildman–Crippen MR) is 89.2 cm³/mol. The van der Waals surface area contributed by atoms with E-state index in [0.717, 1.165) is 23.9 Å². The fourth-order valence-corrected chi connectivity index (χ4v) is 2.59. The highest BCUT2D eigenvalue weighted by Crippen LogP contribution is 2.19. The molecule has 1 aromatic carbocycles. The van der Waals surface area contributed by atoms with Crippen LogP contribution in [0.3, 0.4) is 0 Å². The number of carbonyl (C=O) groups is 1. The quantitative estimate of drug-likeness (QED) is 0.676. The van der Waals surface area contributed by atoms with Gasteiger partial charge in [0.1, 0.15) is 0 Å². The third-order valence-corrected chi connectivity index (χ3v) is 3.87. The van der Waals surface area contributed by atoms with Gasteiger partial charge >= 0.3 is 0 Å².